The van der Waals surface area contributed by atoms with Crippen molar-refractivity contribution in [2.75, 3.05) is 13.1 Å². The second-order valence-corrected chi connectivity index (χ2v) is 4.92. The molecule has 1 aliphatic heterocycles. The molecule has 0 bridgehead atoms. The van der Waals surface area contributed by atoms with Gasteiger partial charge in [0.25, 0.3) is 0 Å². The van der Waals surface area contributed by atoms with Crippen LogP contribution in [0.5, 0.6) is 5.75 Å². The van der Waals surface area contributed by atoms with Crippen LogP contribution in [-0.2, 0) is 0 Å². The van der Waals surface area contributed by atoms with E-state index < -0.39 is 5.37 Å². The Morgan fingerprint density at radius 1 is 1.35 bits per heavy atom. The lowest BCUT2D eigenvalue weighted by Crippen LogP contribution is -2.26. The van der Waals surface area contributed by atoms with Crippen LogP contribution in [0.15, 0.2) is 18.2 Å². The second kappa shape index (κ2) is 5.34. The van der Waals surface area contributed by atoms with Crippen molar-refractivity contribution >= 4 is 40.2 Å². The lowest BCUT2D eigenvalue weighted by atomic mass is 10.3. The van der Waals surface area contributed by atoms with E-state index in [9.17, 15) is 4.79 Å². The molecule has 1 aliphatic rings. The van der Waals surface area contributed by atoms with Gasteiger partial charge >= 0.3 is 5.37 Å². The van der Waals surface area contributed by atoms with Crippen LogP contribution < -0.4 is 4.74 Å². The Balaban J connectivity index is 2.05. The lowest BCUT2D eigenvalue weighted by Gasteiger charge is -2.16. The van der Waals surface area contributed by atoms with Crippen LogP contribution in [0.3, 0.4) is 0 Å². The Hall–Kier alpha value is -0.640. The fourth-order valence-corrected chi connectivity index (χ4v) is 2.39. The molecule has 3 nitrogen and oxygen atoms in total. The van der Waals surface area contributed by atoms with E-state index in [1.54, 1.807) is 18.2 Å². The Labute approximate surface area is 114 Å². The number of ether oxygens (including phenoxy) is 1. The van der Waals surface area contributed by atoms with E-state index >= 15 is 0 Å². The van der Waals surface area contributed by atoms with Gasteiger partial charge in [-0.15, -0.1) is 0 Å². The Morgan fingerprint density at radius 2 is 2.00 bits per heavy atom. The Morgan fingerprint density at radius 3 is 2.53 bits per heavy atom. The van der Waals surface area contributed by atoms with E-state index in [4.69, 9.17) is 39.5 Å². The van der Waals surface area contributed by atoms with Crippen LogP contribution in [0.1, 0.15) is 6.42 Å². The van der Waals surface area contributed by atoms with Gasteiger partial charge in [0.2, 0.25) is 0 Å². The molecule has 1 heterocycles. The molecule has 0 N–H and O–H groups in total. The van der Waals surface area contributed by atoms with Gasteiger partial charge in [-0.3, -0.25) is 4.79 Å². The van der Waals surface area contributed by atoms with Gasteiger partial charge in [0.1, 0.15) is 6.10 Å². The van der Waals surface area contributed by atoms with Crippen LogP contribution in [0.2, 0.25) is 10.0 Å². The summed E-state index contributed by atoms with van der Waals surface area (Å²) in [4.78, 5) is 12.5. The SMILES string of the molecule is O=C(Cl)N1CCC(Oc2c(Cl)cccc2Cl)C1. The van der Waals surface area contributed by atoms with Crippen molar-refractivity contribution in [1.29, 1.82) is 0 Å². The molecule has 2 rings (SSSR count). The summed E-state index contributed by atoms with van der Waals surface area (Å²) in [5.74, 6) is 0.463. The van der Waals surface area contributed by atoms with E-state index in [-0.39, 0.29) is 6.10 Å². The number of halogens is 3. The molecule has 1 saturated heterocycles. The molecule has 92 valence electrons. The van der Waals surface area contributed by atoms with Gasteiger partial charge < -0.3 is 9.64 Å². The number of hydrogen-bond acceptors (Lipinski definition) is 2. The second-order valence-electron chi connectivity index (χ2n) is 3.78. The van der Waals surface area contributed by atoms with Crippen molar-refractivity contribution in [3.8, 4) is 5.75 Å². The summed E-state index contributed by atoms with van der Waals surface area (Å²) < 4.78 is 5.70. The normalized spacial score (nSPS) is 19.5. The van der Waals surface area contributed by atoms with Crippen LogP contribution in [0.25, 0.3) is 0 Å². The fraction of sp³-hybridized carbons (Fsp3) is 0.364. The number of carbonyl (C=O) groups excluding carboxylic acids is 1. The van der Waals surface area contributed by atoms with Gasteiger partial charge in [-0.25, -0.2) is 0 Å². The summed E-state index contributed by atoms with van der Waals surface area (Å²) >= 11 is 17.4. The van der Waals surface area contributed by atoms with E-state index in [1.165, 1.54) is 4.90 Å². The van der Waals surface area contributed by atoms with Crippen molar-refractivity contribution in [2.45, 2.75) is 12.5 Å². The molecule has 1 aromatic carbocycles. The lowest BCUT2D eigenvalue weighted by molar-refractivity contribution is 0.200. The number of rotatable bonds is 2. The van der Waals surface area contributed by atoms with Crippen molar-refractivity contribution in [3.05, 3.63) is 28.2 Å². The minimum Gasteiger partial charge on any atom is -0.485 e. The zero-order chi connectivity index (χ0) is 12.4. The third-order valence-corrected chi connectivity index (χ3v) is 3.43. The van der Waals surface area contributed by atoms with E-state index in [1.807, 2.05) is 0 Å². The highest BCUT2D eigenvalue weighted by molar-refractivity contribution is 6.62. The number of para-hydroxylation sites is 1. The first-order valence-corrected chi connectivity index (χ1v) is 6.26. The summed E-state index contributed by atoms with van der Waals surface area (Å²) in [7, 11) is 0. The van der Waals surface area contributed by atoms with Crippen molar-refractivity contribution in [1.82, 2.24) is 4.90 Å². The van der Waals surface area contributed by atoms with Crippen LogP contribution in [0, 0.1) is 0 Å². The average Bonchev–Trinajstić information content (AvgIpc) is 2.72. The quantitative estimate of drug-likeness (QED) is 0.613. The smallest absolute Gasteiger partial charge is 0.316 e. The summed E-state index contributed by atoms with van der Waals surface area (Å²) in [5, 5.41) is 0.475. The van der Waals surface area contributed by atoms with E-state index in [2.05, 4.69) is 0 Å². The fourth-order valence-electron chi connectivity index (χ4n) is 1.75. The molecule has 0 spiro atoms. The molecule has 6 heteroatoms. The largest absolute Gasteiger partial charge is 0.485 e. The topological polar surface area (TPSA) is 29.5 Å². The van der Waals surface area contributed by atoms with Gasteiger partial charge in [0.15, 0.2) is 5.75 Å². The van der Waals surface area contributed by atoms with Gasteiger partial charge in [0.05, 0.1) is 16.6 Å². The number of amides is 1. The molecule has 0 aromatic heterocycles. The maximum Gasteiger partial charge on any atom is 0.316 e. The molecule has 0 radical (unpaired) electrons. The standard InChI is InChI=1S/C11H10Cl3NO2/c12-8-2-1-3-9(13)10(8)17-7-4-5-15(6-7)11(14)16/h1-3,7H,4-6H2. The number of benzene rings is 1. The van der Waals surface area contributed by atoms with Crippen LogP contribution in [0.4, 0.5) is 4.79 Å². The monoisotopic (exact) mass is 293 g/mol. The third-order valence-electron chi connectivity index (χ3n) is 2.60. The molecule has 1 fully saturated rings. The van der Waals surface area contributed by atoms with Gasteiger partial charge in [-0.1, -0.05) is 29.3 Å². The number of hydrogen-bond donors (Lipinski definition) is 0. The molecule has 1 amide bonds. The molecule has 1 atom stereocenters. The molecular formula is C11H10Cl3NO2. The molecule has 0 aliphatic carbocycles. The maximum atomic E-state index is 11.0. The third kappa shape index (κ3) is 2.97. The summed E-state index contributed by atoms with van der Waals surface area (Å²) in [6, 6.07) is 5.17. The zero-order valence-electron chi connectivity index (χ0n) is 8.83. The van der Waals surface area contributed by atoms with E-state index in [0.29, 0.717) is 28.9 Å². The minimum absolute atomic E-state index is 0.116. The molecular weight excluding hydrogens is 284 g/mol. The highest BCUT2D eigenvalue weighted by Gasteiger charge is 2.27. The van der Waals surface area contributed by atoms with Crippen LogP contribution >= 0.6 is 34.8 Å². The van der Waals surface area contributed by atoms with E-state index in [0.717, 1.165) is 6.42 Å². The number of likely N-dealkylation sites (tertiary alicyclic amines) is 1. The molecule has 17 heavy (non-hydrogen) atoms. The highest BCUT2D eigenvalue weighted by Crippen LogP contribution is 2.34. The number of carbonyl (C=O) groups is 1. The first kappa shape index (κ1) is 12.8. The van der Waals surface area contributed by atoms with Crippen molar-refractivity contribution in [2.24, 2.45) is 0 Å². The Bertz CT molecular complexity index is 418. The van der Waals surface area contributed by atoms with Gasteiger partial charge in [-0.05, 0) is 23.7 Å². The van der Waals surface area contributed by atoms with Gasteiger partial charge in [0, 0.05) is 13.0 Å². The predicted octanol–water partition coefficient (Wildman–Crippen LogP) is 3.81. The first-order valence-electron chi connectivity index (χ1n) is 5.13. The Kier molecular flexibility index (Phi) is 4.02. The van der Waals surface area contributed by atoms with Crippen molar-refractivity contribution < 1.29 is 9.53 Å². The molecule has 1 unspecified atom stereocenters. The van der Waals surface area contributed by atoms with Gasteiger partial charge in [-0.2, -0.15) is 0 Å². The molecule has 1 aromatic rings. The average molecular weight is 295 g/mol. The van der Waals surface area contributed by atoms with Crippen LogP contribution in [-0.4, -0.2) is 29.5 Å². The summed E-state index contributed by atoms with van der Waals surface area (Å²) in [6.45, 7) is 1.05. The maximum absolute atomic E-state index is 11.0. The minimum atomic E-state index is -0.457. The predicted molar refractivity (Wildman–Crippen MR) is 68.3 cm³/mol. The zero-order valence-corrected chi connectivity index (χ0v) is 11.1. The summed E-state index contributed by atoms with van der Waals surface area (Å²) in [6.07, 6.45) is 0.607. The van der Waals surface area contributed by atoms with Crippen molar-refractivity contribution in [3.63, 3.8) is 0 Å². The molecule has 0 saturated carbocycles. The highest BCUT2D eigenvalue weighted by atomic mass is 35.5. The first-order chi connectivity index (χ1) is 8.08. The summed E-state index contributed by atoms with van der Waals surface area (Å²) in [5.41, 5.74) is 0. The number of nitrogens with zero attached hydrogens (tertiary/aromatic N) is 1.